The van der Waals surface area contributed by atoms with Crippen LogP contribution in [0.3, 0.4) is 0 Å². The summed E-state index contributed by atoms with van der Waals surface area (Å²) in [6, 6.07) is 8.03. The number of hydrogen-bond donors (Lipinski definition) is 2. The van der Waals surface area contributed by atoms with E-state index in [2.05, 4.69) is 5.32 Å². The number of carboxylic acids is 1. The highest BCUT2D eigenvalue weighted by molar-refractivity contribution is 5.84. The first-order valence-electron chi connectivity index (χ1n) is 11.4. The molecule has 0 aromatic heterocycles. The van der Waals surface area contributed by atoms with Crippen LogP contribution in [0, 0.1) is 41.9 Å². The molecule has 0 saturated heterocycles. The summed E-state index contributed by atoms with van der Waals surface area (Å²) in [6.45, 7) is 4.36. The molecule has 4 aliphatic rings. The molecule has 0 heterocycles. The molecule has 5 rings (SSSR count). The standard InChI is InChI=1S/C25H35NO3/c1-16-3-5-18(6-4-16)12-22(17(2)24(28)29)23(27)26-8-7-25-13-19-9-20(14-25)11-21(10-19)15-25/h3-6,17,19-22H,7-15H2,1-2H3,(H,26,27)(H,28,29)/t17-,19?,20?,21?,22+,25?/m1/s1. The van der Waals surface area contributed by atoms with Crippen molar-refractivity contribution in [2.24, 2.45) is 35.0 Å². The van der Waals surface area contributed by atoms with Crippen LogP contribution in [0.4, 0.5) is 0 Å². The van der Waals surface area contributed by atoms with Crippen LogP contribution in [0.25, 0.3) is 0 Å². The number of carboxylic acid groups (broad SMARTS) is 1. The van der Waals surface area contributed by atoms with Gasteiger partial charge in [-0.1, -0.05) is 36.8 Å². The van der Waals surface area contributed by atoms with Crippen molar-refractivity contribution >= 4 is 11.9 Å². The van der Waals surface area contributed by atoms with E-state index in [1.165, 1.54) is 38.5 Å². The average molecular weight is 398 g/mol. The van der Waals surface area contributed by atoms with Gasteiger partial charge in [-0.25, -0.2) is 0 Å². The Morgan fingerprint density at radius 1 is 1.07 bits per heavy atom. The first-order chi connectivity index (χ1) is 13.8. The van der Waals surface area contributed by atoms with Crippen LogP contribution in [0.15, 0.2) is 24.3 Å². The highest BCUT2D eigenvalue weighted by Gasteiger charge is 2.50. The Labute approximate surface area is 174 Å². The quantitative estimate of drug-likeness (QED) is 0.674. The minimum Gasteiger partial charge on any atom is -0.481 e. The highest BCUT2D eigenvalue weighted by atomic mass is 16.4. The SMILES string of the molecule is Cc1ccc(C[C@H](C(=O)NCCC23CC4CC(CC(C4)C2)C3)[C@@H](C)C(=O)O)cc1. The van der Waals surface area contributed by atoms with E-state index in [4.69, 9.17) is 0 Å². The van der Waals surface area contributed by atoms with Gasteiger partial charge < -0.3 is 10.4 Å². The number of benzene rings is 1. The van der Waals surface area contributed by atoms with Gasteiger partial charge in [0, 0.05) is 6.54 Å². The van der Waals surface area contributed by atoms with Crippen LogP contribution in [0.1, 0.15) is 63.0 Å². The number of aryl methyl sites for hydroxylation is 1. The zero-order valence-corrected chi connectivity index (χ0v) is 17.8. The Hall–Kier alpha value is -1.84. The fraction of sp³-hybridized carbons (Fsp3) is 0.680. The summed E-state index contributed by atoms with van der Waals surface area (Å²) < 4.78 is 0. The number of rotatable bonds is 8. The predicted molar refractivity (Wildman–Crippen MR) is 113 cm³/mol. The lowest BCUT2D eigenvalue weighted by Crippen LogP contribution is -2.47. The fourth-order valence-electron chi connectivity index (χ4n) is 6.82. The molecule has 4 aliphatic carbocycles. The third-order valence-corrected chi connectivity index (χ3v) is 8.03. The van der Waals surface area contributed by atoms with Gasteiger partial charge in [0.15, 0.2) is 0 Å². The molecule has 0 radical (unpaired) electrons. The Morgan fingerprint density at radius 2 is 1.62 bits per heavy atom. The fourth-order valence-corrected chi connectivity index (χ4v) is 6.82. The van der Waals surface area contributed by atoms with Crippen molar-refractivity contribution < 1.29 is 14.7 Å². The van der Waals surface area contributed by atoms with Crippen molar-refractivity contribution in [3.05, 3.63) is 35.4 Å². The number of aliphatic carboxylic acids is 1. The van der Waals surface area contributed by atoms with E-state index in [9.17, 15) is 14.7 Å². The Balaban J connectivity index is 1.36. The lowest BCUT2D eigenvalue weighted by Gasteiger charge is -2.57. The Kier molecular flexibility index (Phi) is 5.72. The van der Waals surface area contributed by atoms with Crippen LogP contribution in [0.5, 0.6) is 0 Å². The molecule has 4 nitrogen and oxygen atoms in total. The van der Waals surface area contributed by atoms with Crippen molar-refractivity contribution in [2.75, 3.05) is 6.54 Å². The van der Waals surface area contributed by atoms with E-state index >= 15 is 0 Å². The smallest absolute Gasteiger partial charge is 0.307 e. The number of carbonyl (C=O) groups excluding carboxylic acids is 1. The molecule has 2 N–H and O–H groups in total. The van der Waals surface area contributed by atoms with Crippen molar-refractivity contribution in [3.8, 4) is 0 Å². The van der Waals surface area contributed by atoms with Crippen molar-refractivity contribution in [1.82, 2.24) is 5.32 Å². The van der Waals surface area contributed by atoms with Gasteiger partial charge in [0.2, 0.25) is 5.91 Å². The third-order valence-electron chi connectivity index (χ3n) is 8.03. The van der Waals surface area contributed by atoms with Crippen LogP contribution in [-0.4, -0.2) is 23.5 Å². The highest BCUT2D eigenvalue weighted by Crippen LogP contribution is 2.61. The maximum Gasteiger partial charge on any atom is 0.307 e. The number of nitrogens with one attached hydrogen (secondary N) is 1. The van der Waals surface area contributed by atoms with Crippen LogP contribution >= 0.6 is 0 Å². The largest absolute Gasteiger partial charge is 0.481 e. The predicted octanol–water partition coefficient (Wildman–Crippen LogP) is 4.60. The second-order valence-electron chi connectivity index (χ2n) is 10.4. The second kappa shape index (κ2) is 8.12. The van der Waals surface area contributed by atoms with Gasteiger partial charge in [0.25, 0.3) is 0 Å². The molecule has 1 aromatic carbocycles. The van der Waals surface area contributed by atoms with E-state index in [0.717, 1.165) is 35.3 Å². The van der Waals surface area contributed by atoms with Crippen LogP contribution in [0.2, 0.25) is 0 Å². The summed E-state index contributed by atoms with van der Waals surface area (Å²) >= 11 is 0. The van der Waals surface area contributed by atoms with Gasteiger partial charge in [-0.2, -0.15) is 0 Å². The molecular weight excluding hydrogens is 362 g/mol. The Bertz CT molecular complexity index is 719. The minimum absolute atomic E-state index is 0.106. The molecule has 4 bridgehead atoms. The molecule has 0 spiro atoms. The van der Waals surface area contributed by atoms with Gasteiger partial charge in [-0.3, -0.25) is 9.59 Å². The minimum atomic E-state index is -0.904. The number of carbonyl (C=O) groups is 2. The number of hydrogen-bond acceptors (Lipinski definition) is 2. The summed E-state index contributed by atoms with van der Waals surface area (Å²) in [5.74, 6) is 0.501. The van der Waals surface area contributed by atoms with Gasteiger partial charge in [-0.05, 0) is 87.0 Å². The lowest BCUT2D eigenvalue weighted by molar-refractivity contribution is -0.146. The normalized spacial score (nSPS) is 32.0. The molecule has 0 unspecified atom stereocenters. The molecule has 1 amide bonds. The lowest BCUT2D eigenvalue weighted by atomic mass is 9.49. The Morgan fingerprint density at radius 3 is 2.14 bits per heavy atom. The van der Waals surface area contributed by atoms with Crippen LogP contribution < -0.4 is 5.32 Å². The first kappa shape index (κ1) is 20.4. The van der Waals surface area contributed by atoms with E-state index < -0.39 is 17.8 Å². The summed E-state index contributed by atoms with van der Waals surface area (Å²) in [7, 11) is 0. The van der Waals surface area contributed by atoms with E-state index in [1.807, 2.05) is 31.2 Å². The topological polar surface area (TPSA) is 66.4 Å². The van der Waals surface area contributed by atoms with Gasteiger partial charge in [0.1, 0.15) is 0 Å². The molecule has 2 atom stereocenters. The molecule has 158 valence electrons. The maximum absolute atomic E-state index is 13.0. The molecule has 1 aromatic rings. The third kappa shape index (κ3) is 4.51. The molecule has 29 heavy (non-hydrogen) atoms. The summed E-state index contributed by atoms with van der Waals surface area (Å²) in [5, 5.41) is 12.6. The first-order valence-corrected chi connectivity index (χ1v) is 11.4. The van der Waals surface area contributed by atoms with E-state index in [0.29, 0.717) is 18.4 Å². The molecule has 0 aliphatic heterocycles. The summed E-state index contributed by atoms with van der Waals surface area (Å²) in [4.78, 5) is 24.6. The number of amides is 1. The zero-order valence-electron chi connectivity index (χ0n) is 17.8. The van der Waals surface area contributed by atoms with Crippen molar-refractivity contribution in [3.63, 3.8) is 0 Å². The zero-order chi connectivity index (χ0) is 20.6. The van der Waals surface area contributed by atoms with Crippen molar-refractivity contribution in [1.29, 1.82) is 0 Å². The van der Waals surface area contributed by atoms with Gasteiger partial charge in [0.05, 0.1) is 11.8 Å². The summed E-state index contributed by atoms with van der Waals surface area (Å²) in [5.41, 5.74) is 2.62. The summed E-state index contributed by atoms with van der Waals surface area (Å²) in [6.07, 6.45) is 9.84. The monoisotopic (exact) mass is 397 g/mol. The van der Waals surface area contributed by atoms with E-state index in [-0.39, 0.29) is 5.91 Å². The second-order valence-corrected chi connectivity index (χ2v) is 10.4. The maximum atomic E-state index is 13.0. The molecule has 4 fully saturated rings. The molecule has 4 heteroatoms. The van der Waals surface area contributed by atoms with Gasteiger partial charge in [-0.15, -0.1) is 0 Å². The van der Waals surface area contributed by atoms with Crippen LogP contribution in [-0.2, 0) is 16.0 Å². The van der Waals surface area contributed by atoms with Crippen molar-refractivity contribution in [2.45, 2.75) is 65.2 Å². The average Bonchev–Trinajstić information content (AvgIpc) is 2.65. The van der Waals surface area contributed by atoms with E-state index in [1.54, 1.807) is 6.92 Å². The van der Waals surface area contributed by atoms with Gasteiger partial charge >= 0.3 is 5.97 Å². The molecular formula is C25H35NO3. The molecule has 4 saturated carbocycles.